The van der Waals surface area contributed by atoms with E-state index in [1.165, 1.54) is 0 Å². The lowest BCUT2D eigenvalue weighted by atomic mass is 10.1. The van der Waals surface area contributed by atoms with Crippen molar-refractivity contribution >= 4 is 23.3 Å². The summed E-state index contributed by atoms with van der Waals surface area (Å²) in [4.78, 5) is 19.9. The van der Waals surface area contributed by atoms with Gasteiger partial charge in [0.25, 0.3) is 5.95 Å². The summed E-state index contributed by atoms with van der Waals surface area (Å²) in [6, 6.07) is 14.1. The summed E-state index contributed by atoms with van der Waals surface area (Å²) in [5.74, 6) is 0.884. The van der Waals surface area contributed by atoms with Crippen molar-refractivity contribution in [1.82, 2.24) is 19.9 Å². The molecule has 4 heterocycles. The van der Waals surface area contributed by atoms with Crippen molar-refractivity contribution in [1.29, 1.82) is 0 Å². The van der Waals surface area contributed by atoms with Crippen LogP contribution in [-0.2, 0) is 11.2 Å². The summed E-state index contributed by atoms with van der Waals surface area (Å²) >= 11 is 0. The highest BCUT2D eigenvalue weighted by Crippen LogP contribution is 2.22. The van der Waals surface area contributed by atoms with E-state index >= 15 is 0 Å². The molecular formula is C22H24N8O2. The van der Waals surface area contributed by atoms with Gasteiger partial charge in [-0.05, 0) is 18.2 Å². The quantitative estimate of drug-likeness (QED) is 0.542. The van der Waals surface area contributed by atoms with Gasteiger partial charge in [0, 0.05) is 42.7 Å². The summed E-state index contributed by atoms with van der Waals surface area (Å²) in [6.45, 7) is 3.74. The zero-order valence-electron chi connectivity index (χ0n) is 17.6. The molecule has 0 bridgehead atoms. The molecular weight excluding hydrogens is 408 g/mol. The summed E-state index contributed by atoms with van der Waals surface area (Å²) < 4.78 is 11.3. The summed E-state index contributed by atoms with van der Waals surface area (Å²) in [6.07, 6.45) is 2.43. The van der Waals surface area contributed by atoms with Gasteiger partial charge in [-0.3, -0.25) is 4.98 Å². The number of hydrazone groups is 1. The zero-order valence-corrected chi connectivity index (χ0v) is 17.6. The van der Waals surface area contributed by atoms with E-state index in [0.717, 1.165) is 22.7 Å². The van der Waals surface area contributed by atoms with Gasteiger partial charge in [0.1, 0.15) is 0 Å². The third-order valence-electron chi connectivity index (χ3n) is 5.19. The van der Waals surface area contributed by atoms with Crippen LogP contribution in [0.3, 0.4) is 0 Å². The molecule has 0 amide bonds. The van der Waals surface area contributed by atoms with Crippen molar-refractivity contribution in [3.63, 3.8) is 0 Å². The molecule has 3 aromatic rings. The van der Waals surface area contributed by atoms with Crippen LogP contribution in [0.5, 0.6) is 6.01 Å². The molecule has 0 unspecified atom stereocenters. The van der Waals surface area contributed by atoms with Crippen molar-refractivity contribution in [2.45, 2.75) is 6.42 Å². The monoisotopic (exact) mass is 432 g/mol. The van der Waals surface area contributed by atoms with Crippen LogP contribution < -0.4 is 20.4 Å². The van der Waals surface area contributed by atoms with Crippen LogP contribution in [0, 0.1) is 0 Å². The van der Waals surface area contributed by atoms with Gasteiger partial charge in [0.2, 0.25) is 5.95 Å². The van der Waals surface area contributed by atoms with Gasteiger partial charge in [-0.1, -0.05) is 24.3 Å². The van der Waals surface area contributed by atoms with Crippen LogP contribution in [-0.4, -0.2) is 65.1 Å². The number of benzene rings is 1. The normalized spacial score (nSPS) is 16.5. The highest BCUT2D eigenvalue weighted by molar-refractivity contribution is 6.11. The lowest BCUT2D eigenvalue weighted by molar-refractivity contribution is 0.122. The van der Waals surface area contributed by atoms with E-state index in [4.69, 9.17) is 9.47 Å². The number of para-hydroxylation sites is 1. The Morgan fingerprint density at radius 2 is 1.94 bits per heavy atom. The maximum atomic E-state index is 5.85. The average molecular weight is 432 g/mol. The topological polar surface area (TPSA) is 110 Å². The van der Waals surface area contributed by atoms with Gasteiger partial charge >= 0.3 is 6.01 Å². The van der Waals surface area contributed by atoms with Crippen molar-refractivity contribution in [2.75, 3.05) is 55.1 Å². The molecule has 0 aliphatic carbocycles. The van der Waals surface area contributed by atoms with Crippen molar-refractivity contribution in [2.24, 2.45) is 5.10 Å². The molecule has 1 aromatic carbocycles. The van der Waals surface area contributed by atoms with Crippen molar-refractivity contribution < 1.29 is 9.47 Å². The number of morpholine rings is 1. The molecule has 32 heavy (non-hydrogen) atoms. The van der Waals surface area contributed by atoms with E-state index < -0.39 is 0 Å². The van der Waals surface area contributed by atoms with Crippen LogP contribution >= 0.6 is 0 Å². The molecule has 0 saturated carbocycles. The van der Waals surface area contributed by atoms with Gasteiger partial charge in [-0.2, -0.15) is 20.1 Å². The molecule has 1 fully saturated rings. The standard InChI is InChI=1S/C22H24N8O2/c1-2-7-18-17(6-1)19(15-24-18)28-29-20-25-21(30-10-13-31-14-11-30)27-22(26-20)32-12-8-16-5-3-4-9-23-16/h1-7,9,24H,8,10-15H2,(H,25,26,27,29). The number of anilines is 3. The second kappa shape index (κ2) is 9.56. The minimum atomic E-state index is 0.255. The Kier molecular flexibility index (Phi) is 6.02. The van der Waals surface area contributed by atoms with E-state index in [9.17, 15) is 0 Å². The van der Waals surface area contributed by atoms with Crippen molar-refractivity contribution in [3.8, 4) is 6.01 Å². The molecule has 0 radical (unpaired) electrons. The molecule has 2 aliphatic rings. The molecule has 10 heteroatoms. The third kappa shape index (κ3) is 4.75. The predicted octanol–water partition coefficient (Wildman–Crippen LogP) is 1.97. The molecule has 2 N–H and O–H groups in total. The van der Waals surface area contributed by atoms with E-state index in [1.54, 1.807) is 6.20 Å². The number of aromatic nitrogens is 4. The SMILES string of the molecule is c1ccc(CCOc2nc(NN=C3CNc4ccccc43)nc(N3CCOCC3)n2)nc1. The number of pyridine rings is 1. The minimum absolute atomic E-state index is 0.255. The average Bonchev–Trinajstić information content (AvgIpc) is 3.27. The Balaban J connectivity index is 1.33. The summed E-state index contributed by atoms with van der Waals surface area (Å²) in [5, 5.41) is 7.86. The molecule has 1 saturated heterocycles. The Hall–Kier alpha value is -3.79. The molecule has 10 nitrogen and oxygen atoms in total. The second-order valence-corrected chi connectivity index (χ2v) is 7.33. The molecule has 164 valence electrons. The van der Waals surface area contributed by atoms with E-state index in [-0.39, 0.29) is 6.01 Å². The van der Waals surface area contributed by atoms with Crippen LogP contribution in [0.15, 0.2) is 53.8 Å². The number of rotatable bonds is 7. The van der Waals surface area contributed by atoms with Gasteiger partial charge in [-0.25, -0.2) is 5.43 Å². The Morgan fingerprint density at radius 3 is 2.81 bits per heavy atom. The Labute approximate surface area is 185 Å². The summed E-state index contributed by atoms with van der Waals surface area (Å²) in [5.41, 5.74) is 6.97. The van der Waals surface area contributed by atoms with Crippen LogP contribution in [0.4, 0.5) is 17.6 Å². The molecule has 0 atom stereocenters. The van der Waals surface area contributed by atoms with E-state index in [0.29, 0.717) is 57.8 Å². The van der Waals surface area contributed by atoms with Crippen LogP contribution in [0.1, 0.15) is 11.3 Å². The maximum absolute atomic E-state index is 5.85. The number of nitrogens with one attached hydrogen (secondary N) is 2. The molecule has 2 aliphatic heterocycles. The van der Waals surface area contributed by atoms with E-state index in [2.05, 4.69) is 40.7 Å². The maximum Gasteiger partial charge on any atom is 0.323 e. The van der Waals surface area contributed by atoms with Crippen LogP contribution in [0.25, 0.3) is 0 Å². The smallest absolute Gasteiger partial charge is 0.323 e. The first-order chi connectivity index (χ1) is 15.8. The van der Waals surface area contributed by atoms with Crippen LogP contribution in [0.2, 0.25) is 0 Å². The summed E-state index contributed by atoms with van der Waals surface area (Å²) in [7, 11) is 0. The lowest BCUT2D eigenvalue weighted by Crippen LogP contribution is -2.37. The molecule has 0 spiro atoms. The minimum Gasteiger partial charge on any atom is -0.463 e. The van der Waals surface area contributed by atoms with Gasteiger partial charge in [0.15, 0.2) is 0 Å². The Bertz CT molecular complexity index is 1090. The highest BCUT2D eigenvalue weighted by atomic mass is 16.5. The number of hydrogen-bond donors (Lipinski definition) is 2. The first-order valence-corrected chi connectivity index (χ1v) is 10.6. The number of ether oxygens (including phenoxy) is 2. The fraction of sp³-hybridized carbons (Fsp3) is 0.318. The van der Waals surface area contributed by atoms with Gasteiger partial charge in [-0.15, -0.1) is 0 Å². The third-order valence-corrected chi connectivity index (χ3v) is 5.19. The molecule has 5 rings (SSSR count). The number of nitrogens with zero attached hydrogens (tertiary/aromatic N) is 6. The van der Waals surface area contributed by atoms with Crippen molar-refractivity contribution in [3.05, 3.63) is 59.9 Å². The fourth-order valence-corrected chi connectivity index (χ4v) is 3.54. The Morgan fingerprint density at radius 1 is 1.06 bits per heavy atom. The largest absolute Gasteiger partial charge is 0.463 e. The number of fused-ring (bicyclic) bond motifs is 1. The van der Waals surface area contributed by atoms with E-state index in [1.807, 2.05) is 42.5 Å². The number of hydrogen-bond acceptors (Lipinski definition) is 10. The predicted molar refractivity (Wildman–Crippen MR) is 121 cm³/mol. The highest BCUT2D eigenvalue weighted by Gasteiger charge is 2.19. The second-order valence-electron chi connectivity index (χ2n) is 7.33. The first kappa shape index (κ1) is 20.1. The van der Waals surface area contributed by atoms with Gasteiger partial charge in [0.05, 0.1) is 32.1 Å². The molecule has 2 aromatic heterocycles. The first-order valence-electron chi connectivity index (χ1n) is 10.6. The lowest BCUT2D eigenvalue weighted by Gasteiger charge is -2.26. The zero-order chi connectivity index (χ0) is 21.6. The van der Waals surface area contributed by atoms with Gasteiger partial charge < -0.3 is 19.7 Å². The fourth-order valence-electron chi connectivity index (χ4n) is 3.54.